The Morgan fingerprint density at radius 3 is 2.64 bits per heavy atom. The summed E-state index contributed by atoms with van der Waals surface area (Å²) in [5, 5.41) is 0. The molecule has 0 aliphatic carbocycles. The predicted octanol–water partition coefficient (Wildman–Crippen LogP) is 3.76. The summed E-state index contributed by atoms with van der Waals surface area (Å²) >= 11 is 5.07. The largest absolute Gasteiger partial charge is 0.491 e. The molecule has 0 atom stereocenters. The molecule has 2 rings (SSSR count). The molecule has 1 aromatic heterocycles. The highest BCUT2D eigenvalue weighted by atomic mass is 32.1. The first-order valence-electron chi connectivity index (χ1n) is 7.60. The molecule has 0 aliphatic rings. The van der Waals surface area contributed by atoms with Gasteiger partial charge in [0.2, 0.25) is 0 Å². The van der Waals surface area contributed by atoms with Gasteiger partial charge in [0.25, 0.3) is 5.56 Å². The average Bonchev–Trinajstić information content (AvgIpc) is 2.44. The van der Waals surface area contributed by atoms with Crippen LogP contribution in [0.3, 0.4) is 0 Å². The minimum Gasteiger partial charge on any atom is -0.491 e. The quantitative estimate of drug-likeness (QED) is 0.797. The Balaban J connectivity index is 2.43. The number of aromatic amines is 2. The van der Waals surface area contributed by atoms with Crippen molar-refractivity contribution in [3.8, 4) is 5.75 Å². The zero-order valence-corrected chi connectivity index (χ0v) is 14.0. The molecule has 0 radical (unpaired) electrons. The van der Waals surface area contributed by atoms with Gasteiger partial charge in [-0.3, -0.25) is 9.78 Å². The molecule has 5 heteroatoms. The molecule has 22 heavy (non-hydrogen) atoms. The number of aryl methyl sites for hydroxylation is 1. The van der Waals surface area contributed by atoms with Crippen molar-refractivity contribution in [2.75, 3.05) is 0 Å². The van der Waals surface area contributed by atoms with Crippen LogP contribution in [-0.4, -0.2) is 16.1 Å². The summed E-state index contributed by atoms with van der Waals surface area (Å²) in [5.74, 6) is 0.821. The minimum absolute atomic E-state index is 0.0936. The summed E-state index contributed by atoms with van der Waals surface area (Å²) < 4.78 is 6.22. The molecule has 0 spiro atoms. The maximum atomic E-state index is 12.3. The van der Waals surface area contributed by atoms with Gasteiger partial charge in [0, 0.05) is 17.7 Å². The number of hydrogen-bond acceptors (Lipinski definition) is 3. The second kappa shape index (κ2) is 7.40. The van der Waals surface area contributed by atoms with E-state index in [-0.39, 0.29) is 11.7 Å². The molecule has 0 saturated heterocycles. The molecule has 0 saturated carbocycles. The molecule has 4 nitrogen and oxygen atoms in total. The van der Waals surface area contributed by atoms with E-state index < -0.39 is 0 Å². The molecule has 0 amide bonds. The molecule has 0 aliphatic heterocycles. The predicted molar refractivity (Wildman–Crippen MR) is 91.3 cm³/mol. The van der Waals surface area contributed by atoms with Crippen LogP contribution in [-0.2, 0) is 12.8 Å². The van der Waals surface area contributed by atoms with E-state index in [1.54, 1.807) is 0 Å². The molecule has 1 aromatic carbocycles. The number of para-hydroxylation sites is 1. The molecular weight excluding hydrogens is 296 g/mol. The first-order valence-corrected chi connectivity index (χ1v) is 8.01. The maximum Gasteiger partial charge on any atom is 0.255 e. The number of benzene rings is 1. The van der Waals surface area contributed by atoms with Gasteiger partial charge in [-0.2, -0.15) is 0 Å². The van der Waals surface area contributed by atoms with Gasteiger partial charge in [-0.05, 0) is 44.1 Å². The Hall–Kier alpha value is -1.88. The van der Waals surface area contributed by atoms with E-state index in [1.807, 2.05) is 38.1 Å². The van der Waals surface area contributed by atoms with E-state index in [9.17, 15) is 4.79 Å². The lowest BCUT2D eigenvalue weighted by molar-refractivity contribution is 0.240. The molecule has 2 N–H and O–H groups in total. The molecule has 118 valence electrons. The maximum absolute atomic E-state index is 12.3. The van der Waals surface area contributed by atoms with Crippen molar-refractivity contribution in [3.05, 3.63) is 56.2 Å². The van der Waals surface area contributed by atoms with E-state index in [0.29, 0.717) is 11.2 Å². The van der Waals surface area contributed by atoms with Gasteiger partial charge < -0.3 is 9.72 Å². The normalized spacial score (nSPS) is 10.9. The summed E-state index contributed by atoms with van der Waals surface area (Å²) in [7, 11) is 0. The number of nitrogens with one attached hydrogen (secondary N) is 2. The molecule has 2 aromatic rings. The average molecular weight is 318 g/mol. The number of H-pyrrole nitrogens is 2. The van der Waals surface area contributed by atoms with Gasteiger partial charge in [0.15, 0.2) is 4.77 Å². The number of rotatable bonds is 6. The fourth-order valence-electron chi connectivity index (χ4n) is 2.42. The lowest BCUT2D eigenvalue weighted by Gasteiger charge is -2.15. The Bertz CT molecular complexity index is 747. The van der Waals surface area contributed by atoms with Gasteiger partial charge in [-0.1, -0.05) is 31.5 Å². The Morgan fingerprint density at radius 1 is 1.23 bits per heavy atom. The molecule has 0 unspecified atom stereocenters. The van der Waals surface area contributed by atoms with Crippen LogP contribution >= 0.6 is 12.2 Å². The highest BCUT2D eigenvalue weighted by Gasteiger charge is 2.12. The van der Waals surface area contributed by atoms with Crippen molar-refractivity contribution in [1.29, 1.82) is 0 Å². The van der Waals surface area contributed by atoms with Crippen molar-refractivity contribution < 1.29 is 4.74 Å². The van der Waals surface area contributed by atoms with Crippen molar-refractivity contribution in [2.45, 2.75) is 46.1 Å². The topological polar surface area (TPSA) is 57.9 Å². The van der Waals surface area contributed by atoms with Crippen LogP contribution < -0.4 is 10.3 Å². The van der Waals surface area contributed by atoms with Crippen molar-refractivity contribution in [1.82, 2.24) is 9.97 Å². The van der Waals surface area contributed by atoms with Gasteiger partial charge in [0.1, 0.15) is 5.75 Å². The van der Waals surface area contributed by atoms with E-state index in [4.69, 9.17) is 17.0 Å². The van der Waals surface area contributed by atoms with Crippen LogP contribution in [0.15, 0.2) is 29.1 Å². The van der Waals surface area contributed by atoms with Crippen LogP contribution in [0.4, 0.5) is 0 Å². The van der Waals surface area contributed by atoms with Gasteiger partial charge in [-0.25, -0.2) is 0 Å². The molecule has 0 fully saturated rings. The summed E-state index contributed by atoms with van der Waals surface area (Å²) in [4.78, 5) is 18.1. The van der Waals surface area contributed by atoms with Gasteiger partial charge in [-0.15, -0.1) is 0 Å². The number of ether oxygens (including phenoxy) is 1. The van der Waals surface area contributed by atoms with E-state index in [2.05, 4.69) is 16.9 Å². The Morgan fingerprint density at radius 2 is 1.95 bits per heavy atom. The lowest BCUT2D eigenvalue weighted by atomic mass is 10.0. The van der Waals surface area contributed by atoms with Gasteiger partial charge >= 0.3 is 0 Å². The number of aromatic nitrogens is 2. The molecular formula is C17H22N2O2S. The fourth-order valence-corrected chi connectivity index (χ4v) is 2.63. The van der Waals surface area contributed by atoms with Crippen LogP contribution in [0, 0.1) is 4.77 Å². The fraction of sp³-hybridized carbons (Fsp3) is 0.412. The smallest absolute Gasteiger partial charge is 0.255 e. The van der Waals surface area contributed by atoms with E-state index in [1.165, 1.54) is 0 Å². The van der Waals surface area contributed by atoms with Crippen molar-refractivity contribution >= 4 is 12.2 Å². The third-order valence-electron chi connectivity index (χ3n) is 3.33. The van der Waals surface area contributed by atoms with E-state index in [0.717, 1.165) is 35.4 Å². The first-order chi connectivity index (χ1) is 10.5. The van der Waals surface area contributed by atoms with Crippen molar-refractivity contribution in [3.63, 3.8) is 0 Å². The molecule has 0 bridgehead atoms. The standard InChI is InChI=1S/C17H22N2O2S/c1-4-7-14-13(16(20)19-17(22)18-14)10-12-8-5-6-9-15(12)21-11(2)3/h5-6,8-9,11H,4,7,10H2,1-3H3,(H2,18,19,20,22). The highest BCUT2D eigenvalue weighted by molar-refractivity contribution is 7.71. The third kappa shape index (κ3) is 4.07. The zero-order chi connectivity index (χ0) is 16.1. The SMILES string of the molecule is CCCc1[nH]c(=S)[nH]c(=O)c1Cc1ccccc1OC(C)C. The Kier molecular flexibility index (Phi) is 5.55. The highest BCUT2D eigenvalue weighted by Crippen LogP contribution is 2.22. The summed E-state index contributed by atoms with van der Waals surface area (Å²) in [6, 6.07) is 7.83. The summed E-state index contributed by atoms with van der Waals surface area (Å²) in [6.45, 7) is 6.06. The second-order valence-electron chi connectivity index (χ2n) is 5.57. The zero-order valence-electron chi connectivity index (χ0n) is 13.2. The summed E-state index contributed by atoms with van der Waals surface area (Å²) in [5.41, 5.74) is 2.53. The van der Waals surface area contributed by atoms with E-state index >= 15 is 0 Å². The first kappa shape index (κ1) is 16.5. The molecule has 1 heterocycles. The monoisotopic (exact) mass is 318 g/mol. The summed E-state index contributed by atoms with van der Waals surface area (Å²) in [6.07, 6.45) is 2.37. The Labute approximate surface area is 135 Å². The lowest BCUT2D eigenvalue weighted by Crippen LogP contribution is -2.19. The van der Waals surface area contributed by atoms with Crippen LogP contribution in [0.5, 0.6) is 5.75 Å². The minimum atomic E-state index is -0.119. The third-order valence-corrected chi connectivity index (χ3v) is 3.54. The van der Waals surface area contributed by atoms with Gasteiger partial charge in [0.05, 0.1) is 6.10 Å². The van der Waals surface area contributed by atoms with Crippen LogP contribution in [0.1, 0.15) is 44.0 Å². The van der Waals surface area contributed by atoms with Crippen molar-refractivity contribution in [2.24, 2.45) is 0 Å². The second-order valence-corrected chi connectivity index (χ2v) is 5.97. The number of hydrogen-bond donors (Lipinski definition) is 2. The van der Waals surface area contributed by atoms with Crippen LogP contribution in [0.25, 0.3) is 0 Å². The van der Waals surface area contributed by atoms with Crippen LogP contribution in [0.2, 0.25) is 0 Å².